The van der Waals surface area contributed by atoms with Crippen LogP contribution in [0.2, 0.25) is 0 Å². The van der Waals surface area contributed by atoms with Gasteiger partial charge in [-0.15, -0.1) is 0 Å². The van der Waals surface area contributed by atoms with Crippen molar-refractivity contribution in [2.45, 2.75) is 44.1 Å². The van der Waals surface area contributed by atoms with Crippen LogP contribution in [0.25, 0.3) is 10.9 Å². The third-order valence-corrected chi connectivity index (χ3v) is 7.78. The molecule has 0 spiro atoms. The zero-order valence-electron chi connectivity index (χ0n) is 20.4. The average molecular weight is 463 g/mol. The molecule has 0 amide bonds. The maximum absolute atomic E-state index is 5.23. The molecule has 178 valence electrons. The molecule has 4 heteroatoms. The summed E-state index contributed by atoms with van der Waals surface area (Å²) in [4.78, 5) is 15.4. The molecule has 3 aromatic carbocycles. The number of para-hydroxylation sites is 1. The highest BCUT2D eigenvalue weighted by atomic mass is 15.3. The lowest BCUT2D eigenvalue weighted by atomic mass is 9.88. The Kier molecular flexibility index (Phi) is 6.46. The van der Waals surface area contributed by atoms with Gasteiger partial charge in [0.1, 0.15) is 11.6 Å². The van der Waals surface area contributed by atoms with Gasteiger partial charge in [-0.05, 0) is 36.1 Å². The largest absolute Gasteiger partial charge is 0.353 e. The summed E-state index contributed by atoms with van der Waals surface area (Å²) in [5.74, 6) is 2.70. The maximum Gasteiger partial charge on any atom is 0.140 e. The quantitative estimate of drug-likeness (QED) is 0.335. The number of benzene rings is 3. The van der Waals surface area contributed by atoms with E-state index >= 15 is 0 Å². The zero-order chi connectivity index (χ0) is 23.5. The van der Waals surface area contributed by atoms with E-state index in [1.165, 1.54) is 48.6 Å². The molecular formula is C31H34N4. The highest BCUT2D eigenvalue weighted by Crippen LogP contribution is 2.35. The zero-order valence-corrected chi connectivity index (χ0v) is 20.4. The fraction of sp³-hybridized carbons (Fsp3) is 0.355. The minimum Gasteiger partial charge on any atom is -0.353 e. The first-order chi connectivity index (χ1) is 17.4. The summed E-state index contributed by atoms with van der Waals surface area (Å²) in [6, 6.07) is 30.7. The van der Waals surface area contributed by atoms with Crippen molar-refractivity contribution in [3.05, 3.63) is 102 Å². The molecule has 1 saturated carbocycles. The van der Waals surface area contributed by atoms with Crippen LogP contribution in [0.3, 0.4) is 0 Å². The number of rotatable bonds is 5. The van der Waals surface area contributed by atoms with Crippen molar-refractivity contribution in [2.75, 3.05) is 31.1 Å². The summed E-state index contributed by atoms with van der Waals surface area (Å²) in [5.41, 5.74) is 3.81. The Morgan fingerprint density at radius 2 is 1.23 bits per heavy atom. The van der Waals surface area contributed by atoms with Gasteiger partial charge in [-0.3, -0.25) is 4.90 Å². The highest BCUT2D eigenvalue weighted by molar-refractivity contribution is 5.89. The first kappa shape index (κ1) is 22.2. The van der Waals surface area contributed by atoms with Crippen LogP contribution < -0.4 is 4.90 Å². The van der Waals surface area contributed by atoms with Gasteiger partial charge in [0.25, 0.3) is 0 Å². The van der Waals surface area contributed by atoms with E-state index in [-0.39, 0.29) is 6.04 Å². The standard InChI is InChI=1S/C31H34N4/c1-4-12-24(13-5-1)29(25-14-6-2-7-15-25)34-20-22-35(23-21-34)31-27-18-10-11-19-28(27)32-30(33-31)26-16-8-3-9-17-26/h1-2,4-7,10-15,18-19,26,29H,3,8-9,16-17,20-23H2. The Balaban J connectivity index is 1.28. The number of anilines is 1. The second kappa shape index (κ2) is 10.2. The van der Waals surface area contributed by atoms with Crippen molar-refractivity contribution in [2.24, 2.45) is 0 Å². The van der Waals surface area contributed by atoms with Gasteiger partial charge in [-0.25, -0.2) is 9.97 Å². The van der Waals surface area contributed by atoms with Crippen LogP contribution >= 0.6 is 0 Å². The smallest absolute Gasteiger partial charge is 0.140 e. The Hall–Kier alpha value is -3.24. The third-order valence-electron chi connectivity index (χ3n) is 7.78. The van der Waals surface area contributed by atoms with Crippen LogP contribution in [0.1, 0.15) is 61.0 Å². The number of aromatic nitrogens is 2. The molecule has 1 aliphatic heterocycles. The Bertz CT molecular complexity index is 1200. The van der Waals surface area contributed by atoms with Gasteiger partial charge in [-0.2, -0.15) is 0 Å². The second-order valence-electron chi connectivity index (χ2n) is 10.0. The average Bonchev–Trinajstić information content (AvgIpc) is 2.95. The van der Waals surface area contributed by atoms with E-state index in [1.54, 1.807) is 0 Å². The molecule has 6 rings (SSSR count). The van der Waals surface area contributed by atoms with Crippen molar-refractivity contribution < 1.29 is 0 Å². The lowest BCUT2D eigenvalue weighted by molar-refractivity contribution is 0.212. The van der Waals surface area contributed by atoms with Gasteiger partial charge in [-0.1, -0.05) is 92.1 Å². The molecule has 1 saturated heterocycles. The first-order valence-electron chi connectivity index (χ1n) is 13.2. The molecule has 2 aliphatic rings. The van der Waals surface area contributed by atoms with E-state index < -0.39 is 0 Å². The van der Waals surface area contributed by atoms with Crippen LogP contribution in [0, 0.1) is 0 Å². The molecule has 35 heavy (non-hydrogen) atoms. The maximum atomic E-state index is 5.23. The molecule has 0 atom stereocenters. The predicted molar refractivity (Wildman–Crippen MR) is 144 cm³/mol. The molecule has 0 radical (unpaired) electrons. The van der Waals surface area contributed by atoms with Gasteiger partial charge in [0, 0.05) is 37.5 Å². The van der Waals surface area contributed by atoms with Crippen LogP contribution in [0.4, 0.5) is 5.82 Å². The molecule has 0 N–H and O–H groups in total. The summed E-state index contributed by atoms with van der Waals surface area (Å²) >= 11 is 0. The normalized spacial score (nSPS) is 17.8. The van der Waals surface area contributed by atoms with Gasteiger partial charge in [0.2, 0.25) is 0 Å². The molecule has 1 aliphatic carbocycles. The van der Waals surface area contributed by atoms with E-state index in [0.717, 1.165) is 43.3 Å². The fourth-order valence-electron chi connectivity index (χ4n) is 5.94. The molecule has 2 fully saturated rings. The van der Waals surface area contributed by atoms with Crippen molar-refractivity contribution in [3.8, 4) is 0 Å². The predicted octanol–water partition coefficient (Wildman–Crippen LogP) is 6.59. The van der Waals surface area contributed by atoms with Gasteiger partial charge >= 0.3 is 0 Å². The van der Waals surface area contributed by atoms with Gasteiger partial charge < -0.3 is 4.90 Å². The molecule has 4 aromatic rings. The Morgan fingerprint density at radius 1 is 0.629 bits per heavy atom. The molecule has 4 nitrogen and oxygen atoms in total. The molecular weight excluding hydrogens is 428 g/mol. The van der Waals surface area contributed by atoms with Crippen molar-refractivity contribution in [3.63, 3.8) is 0 Å². The molecule has 0 bridgehead atoms. The van der Waals surface area contributed by atoms with Gasteiger partial charge in [0.05, 0.1) is 11.6 Å². The summed E-state index contributed by atoms with van der Waals surface area (Å²) < 4.78 is 0. The monoisotopic (exact) mass is 462 g/mol. The van der Waals surface area contributed by atoms with Gasteiger partial charge in [0.15, 0.2) is 0 Å². The Morgan fingerprint density at radius 3 is 1.89 bits per heavy atom. The number of nitrogens with zero attached hydrogens (tertiary/aromatic N) is 4. The second-order valence-corrected chi connectivity index (χ2v) is 10.0. The summed E-state index contributed by atoms with van der Waals surface area (Å²) in [6.45, 7) is 3.96. The highest BCUT2D eigenvalue weighted by Gasteiger charge is 2.28. The minimum absolute atomic E-state index is 0.277. The third kappa shape index (κ3) is 4.68. The van der Waals surface area contributed by atoms with Crippen LogP contribution in [-0.4, -0.2) is 41.0 Å². The van der Waals surface area contributed by atoms with E-state index in [0.29, 0.717) is 5.92 Å². The number of piperazine rings is 1. The summed E-state index contributed by atoms with van der Waals surface area (Å²) in [6.07, 6.45) is 6.40. The van der Waals surface area contributed by atoms with E-state index in [9.17, 15) is 0 Å². The fourth-order valence-corrected chi connectivity index (χ4v) is 5.94. The minimum atomic E-state index is 0.277. The Labute approximate surface area is 208 Å². The molecule has 1 aromatic heterocycles. The van der Waals surface area contributed by atoms with Crippen LogP contribution in [-0.2, 0) is 0 Å². The first-order valence-corrected chi connectivity index (χ1v) is 13.2. The van der Waals surface area contributed by atoms with Crippen molar-refractivity contribution >= 4 is 16.7 Å². The van der Waals surface area contributed by atoms with Crippen LogP contribution in [0.15, 0.2) is 84.9 Å². The van der Waals surface area contributed by atoms with E-state index in [1.807, 2.05) is 0 Å². The van der Waals surface area contributed by atoms with Crippen LogP contribution in [0.5, 0.6) is 0 Å². The lowest BCUT2D eigenvalue weighted by Crippen LogP contribution is -2.48. The molecule has 2 heterocycles. The van der Waals surface area contributed by atoms with E-state index in [4.69, 9.17) is 9.97 Å². The van der Waals surface area contributed by atoms with Crippen molar-refractivity contribution in [1.82, 2.24) is 14.9 Å². The number of hydrogen-bond donors (Lipinski definition) is 0. The summed E-state index contributed by atoms with van der Waals surface area (Å²) in [7, 11) is 0. The summed E-state index contributed by atoms with van der Waals surface area (Å²) in [5, 5.41) is 1.18. The lowest BCUT2D eigenvalue weighted by Gasteiger charge is -2.40. The topological polar surface area (TPSA) is 32.3 Å². The number of hydrogen-bond acceptors (Lipinski definition) is 4. The van der Waals surface area contributed by atoms with Crippen molar-refractivity contribution in [1.29, 1.82) is 0 Å². The number of fused-ring (bicyclic) bond motifs is 1. The molecule has 0 unspecified atom stereocenters. The SMILES string of the molecule is c1ccc(C(c2ccccc2)N2CCN(c3nc(C4CCCCC4)nc4ccccc34)CC2)cc1. The van der Waals surface area contributed by atoms with E-state index in [2.05, 4.69) is 94.7 Å².